The van der Waals surface area contributed by atoms with Crippen LogP contribution in [0, 0.1) is 11.3 Å². The summed E-state index contributed by atoms with van der Waals surface area (Å²) in [4.78, 5) is 10.5. The summed E-state index contributed by atoms with van der Waals surface area (Å²) in [7, 11) is 0. The van der Waals surface area contributed by atoms with E-state index in [2.05, 4.69) is 6.92 Å². The molecule has 0 spiro atoms. The Labute approximate surface area is 80.9 Å². The molecule has 1 atom stereocenters. The van der Waals surface area contributed by atoms with Crippen LogP contribution < -0.4 is 5.73 Å². The Hall–Kier alpha value is -0.370. The molecule has 2 heteroatoms. The van der Waals surface area contributed by atoms with E-state index in [0.717, 1.165) is 18.6 Å². The molecule has 13 heavy (non-hydrogen) atoms. The van der Waals surface area contributed by atoms with E-state index >= 15 is 0 Å². The Morgan fingerprint density at radius 3 is 2.54 bits per heavy atom. The fourth-order valence-corrected chi connectivity index (χ4v) is 2.36. The maximum atomic E-state index is 10.5. The van der Waals surface area contributed by atoms with E-state index in [1.54, 1.807) is 0 Å². The van der Waals surface area contributed by atoms with Gasteiger partial charge < -0.3 is 10.5 Å². The molecule has 0 amide bonds. The van der Waals surface area contributed by atoms with E-state index in [0.29, 0.717) is 13.0 Å². The smallest absolute Gasteiger partial charge is 0.120 e. The largest absolute Gasteiger partial charge is 0.330 e. The molecule has 1 aliphatic rings. The highest BCUT2D eigenvalue weighted by Gasteiger charge is 2.27. The van der Waals surface area contributed by atoms with Gasteiger partial charge in [-0.3, -0.25) is 0 Å². The third-order valence-electron chi connectivity index (χ3n) is 3.33. The lowest BCUT2D eigenvalue weighted by atomic mass is 9.78. The molecule has 0 aromatic heterocycles. The minimum atomic E-state index is 0.0662. The molecule has 1 unspecified atom stereocenters. The lowest BCUT2D eigenvalue weighted by Crippen LogP contribution is -2.29. The van der Waals surface area contributed by atoms with Crippen LogP contribution in [0.5, 0.6) is 0 Å². The zero-order valence-corrected chi connectivity index (χ0v) is 8.59. The van der Waals surface area contributed by atoms with Gasteiger partial charge in [0.15, 0.2) is 0 Å². The Balaban J connectivity index is 2.40. The monoisotopic (exact) mass is 183 g/mol. The van der Waals surface area contributed by atoms with Crippen LogP contribution in [-0.2, 0) is 4.79 Å². The number of nitrogens with two attached hydrogens (primary N) is 1. The highest BCUT2D eigenvalue weighted by molar-refractivity contribution is 5.50. The third-order valence-corrected chi connectivity index (χ3v) is 3.33. The molecule has 0 saturated heterocycles. The van der Waals surface area contributed by atoms with Crippen LogP contribution in [0.3, 0.4) is 0 Å². The minimum absolute atomic E-state index is 0.0662. The first-order valence-corrected chi connectivity index (χ1v) is 5.34. The van der Waals surface area contributed by atoms with Crippen molar-refractivity contribution in [1.29, 1.82) is 0 Å². The van der Waals surface area contributed by atoms with Crippen molar-refractivity contribution in [2.45, 2.75) is 45.4 Å². The van der Waals surface area contributed by atoms with Crippen molar-refractivity contribution in [3.8, 4) is 0 Å². The van der Waals surface area contributed by atoms with Crippen LogP contribution in [0.25, 0.3) is 0 Å². The van der Waals surface area contributed by atoms with Crippen LogP contribution in [0.2, 0.25) is 0 Å². The fraction of sp³-hybridized carbons (Fsp3) is 0.909. The molecule has 1 saturated carbocycles. The van der Waals surface area contributed by atoms with Crippen molar-refractivity contribution in [2.24, 2.45) is 17.1 Å². The lowest BCUT2D eigenvalue weighted by molar-refractivity contribution is -0.109. The number of hydrogen-bond acceptors (Lipinski definition) is 2. The number of aldehydes is 1. The zero-order valence-electron chi connectivity index (χ0n) is 8.59. The van der Waals surface area contributed by atoms with Gasteiger partial charge in [-0.15, -0.1) is 0 Å². The second-order valence-corrected chi connectivity index (χ2v) is 4.74. The van der Waals surface area contributed by atoms with E-state index in [1.165, 1.54) is 25.7 Å². The van der Waals surface area contributed by atoms with Crippen molar-refractivity contribution < 1.29 is 4.79 Å². The van der Waals surface area contributed by atoms with Gasteiger partial charge in [0.1, 0.15) is 6.29 Å². The average Bonchev–Trinajstić information content (AvgIpc) is 2.57. The Kier molecular flexibility index (Phi) is 3.91. The van der Waals surface area contributed by atoms with E-state index < -0.39 is 0 Å². The highest BCUT2D eigenvalue weighted by atomic mass is 16.1. The summed E-state index contributed by atoms with van der Waals surface area (Å²) in [5.41, 5.74) is 5.78. The lowest BCUT2D eigenvalue weighted by Gasteiger charge is -2.28. The van der Waals surface area contributed by atoms with Gasteiger partial charge in [0.25, 0.3) is 0 Å². The van der Waals surface area contributed by atoms with Gasteiger partial charge in [-0.1, -0.05) is 32.6 Å². The molecule has 0 aliphatic heterocycles. The maximum absolute atomic E-state index is 10.5. The SMILES string of the molecule is CC(CN)(CC=O)CC1CCCC1. The molecule has 0 aromatic rings. The van der Waals surface area contributed by atoms with E-state index in [-0.39, 0.29) is 5.41 Å². The molecule has 76 valence electrons. The molecule has 0 heterocycles. The number of carbonyl (C=O) groups excluding carboxylic acids is 1. The van der Waals surface area contributed by atoms with Gasteiger partial charge in [-0.2, -0.15) is 0 Å². The molecule has 2 nitrogen and oxygen atoms in total. The summed E-state index contributed by atoms with van der Waals surface area (Å²) in [6.07, 6.45) is 8.20. The Morgan fingerprint density at radius 2 is 2.08 bits per heavy atom. The minimum Gasteiger partial charge on any atom is -0.330 e. The predicted molar refractivity (Wildman–Crippen MR) is 54.4 cm³/mol. The molecule has 0 bridgehead atoms. The Bertz CT molecular complexity index is 163. The van der Waals surface area contributed by atoms with Crippen LogP contribution in [0.1, 0.15) is 45.4 Å². The van der Waals surface area contributed by atoms with Gasteiger partial charge in [-0.25, -0.2) is 0 Å². The summed E-state index contributed by atoms with van der Waals surface area (Å²) in [5, 5.41) is 0. The van der Waals surface area contributed by atoms with Crippen molar-refractivity contribution >= 4 is 6.29 Å². The van der Waals surface area contributed by atoms with Crippen LogP contribution in [0.4, 0.5) is 0 Å². The summed E-state index contributed by atoms with van der Waals surface area (Å²) in [6.45, 7) is 2.78. The van der Waals surface area contributed by atoms with Crippen molar-refractivity contribution in [2.75, 3.05) is 6.54 Å². The summed E-state index contributed by atoms with van der Waals surface area (Å²) < 4.78 is 0. The van der Waals surface area contributed by atoms with Gasteiger partial charge in [-0.05, 0) is 24.3 Å². The first kappa shape index (κ1) is 10.7. The first-order valence-electron chi connectivity index (χ1n) is 5.34. The molecule has 2 N–H and O–H groups in total. The van der Waals surface area contributed by atoms with Crippen molar-refractivity contribution in [3.05, 3.63) is 0 Å². The van der Waals surface area contributed by atoms with Gasteiger partial charge in [0.2, 0.25) is 0 Å². The first-order chi connectivity index (χ1) is 6.20. The number of hydrogen-bond donors (Lipinski definition) is 1. The topological polar surface area (TPSA) is 43.1 Å². The number of rotatable bonds is 5. The zero-order chi connectivity index (χ0) is 9.73. The van der Waals surface area contributed by atoms with E-state index in [1.807, 2.05) is 0 Å². The normalized spacial score (nSPS) is 22.9. The molecular weight excluding hydrogens is 162 g/mol. The molecule has 1 fully saturated rings. The maximum Gasteiger partial charge on any atom is 0.120 e. The van der Waals surface area contributed by atoms with Crippen molar-refractivity contribution in [3.63, 3.8) is 0 Å². The molecule has 1 aliphatic carbocycles. The predicted octanol–water partition coefficient (Wildman–Crippen LogP) is 2.12. The van der Waals surface area contributed by atoms with E-state index in [4.69, 9.17) is 5.73 Å². The number of carbonyl (C=O) groups is 1. The van der Waals surface area contributed by atoms with Crippen molar-refractivity contribution in [1.82, 2.24) is 0 Å². The summed E-state index contributed by atoms with van der Waals surface area (Å²) in [6, 6.07) is 0. The fourth-order valence-electron chi connectivity index (χ4n) is 2.36. The third kappa shape index (κ3) is 3.11. The van der Waals surface area contributed by atoms with Crippen LogP contribution in [-0.4, -0.2) is 12.8 Å². The Morgan fingerprint density at radius 1 is 1.46 bits per heavy atom. The molecule has 0 radical (unpaired) electrons. The van der Waals surface area contributed by atoms with E-state index in [9.17, 15) is 4.79 Å². The molecule has 0 aromatic carbocycles. The molecular formula is C11H21NO. The van der Waals surface area contributed by atoms with Gasteiger partial charge in [0.05, 0.1) is 0 Å². The van der Waals surface area contributed by atoms with Crippen LogP contribution in [0.15, 0.2) is 0 Å². The second kappa shape index (κ2) is 4.75. The van der Waals surface area contributed by atoms with Gasteiger partial charge in [0, 0.05) is 6.42 Å². The van der Waals surface area contributed by atoms with Crippen LogP contribution >= 0.6 is 0 Å². The summed E-state index contributed by atoms with van der Waals surface area (Å²) >= 11 is 0. The highest BCUT2D eigenvalue weighted by Crippen LogP contribution is 2.36. The standard InChI is InChI=1S/C11H21NO/c1-11(9-12,6-7-13)8-10-4-2-3-5-10/h7,10H,2-6,8-9,12H2,1H3. The average molecular weight is 183 g/mol. The van der Waals surface area contributed by atoms with Gasteiger partial charge >= 0.3 is 0 Å². The summed E-state index contributed by atoms with van der Waals surface area (Å²) in [5.74, 6) is 0.827. The molecule has 1 rings (SSSR count). The second-order valence-electron chi connectivity index (χ2n) is 4.74. The quantitative estimate of drug-likeness (QED) is 0.663.